The molecule has 0 saturated heterocycles. The van der Waals surface area contributed by atoms with Gasteiger partial charge in [-0.2, -0.15) is 0 Å². The van der Waals surface area contributed by atoms with E-state index in [2.05, 4.69) is 18.0 Å². The van der Waals surface area contributed by atoms with Crippen LogP contribution < -0.4 is 29.6 Å². The molecule has 0 amide bonds. The molecule has 4 nitrogen and oxygen atoms in total. The van der Waals surface area contributed by atoms with Gasteiger partial charge in [0, 0.05) is 0 Å². The van der Waals surface area contributed by atoms with Crippen molar-refractivity contribution < 1.29 is 46.7 Å². The standard InChI is InChI=1S/C19H40O4S.Na/c1-3-5-7-9-10-11-12-13-15-17-19(16-14-8-6-4-2)18-23-24(20,21)22;/h19H,3-18H2,1-2H3,(H,20,21,22);/q;+1/p-1. The van der Waals surface area contributed by atoms with Crippen LogP contribution in [0.25, 0.3) is 0 Å². The maximum Gasteiger partial charge on any atom is 1.00 e. The molecule has 0 aliphatic heterocycles. The van der Waals surface area contributed by atoms with E-state index in [-0.39, 0.29) is 42.1 Å². The zero-order valence-electron chi connectivity index (χ0n) is 16.9. The molecule has 1 atom stereocenters. The molecule has 1 unspecified atom stereocenters. The monoisotopic (exact) mass is 386 g/mol. The van der Waals surface area contributed by atoms with Crippen molar-refractivity contribution in [1.82, 2.24) is 0 Å². The first kappa shape index (κ1) is 28.1. The van der Waals surface area contributed by atoms with Crippen LogP contribution >= 0.6 is 0 Å². The minimum Gasteiger partial charge on any atom is -0.726 e. The molecule has 0 spiro atoms. The normalized spacial score (nSPS) is 12.8. The fraction of sp³-hybridized carbons (Fsp3) is 1.00. The summed E-state index contributed by atoms with van der Waals surface area (Å²) in [6.45, 7) is 4.47. The Morgan fingerprint density at radius 3 is 1.48 bits per heavy atom. The van der Waals surface area contributed by atoms with Crippen LogP contribution in [0.1, 0.15) is 110 Å². The summed E-state index contributed by atoms with van der Waals surface area (Å²) in [7, 11) is -4.55. The summed E-state index contributed by atoms with van der Waals surface area (Å²) in [6, 6.07) is 0. The van der Waals surface area contributed by atoms with Crippen molar-refractivity contribution in [2.24, 2.45) is 5.92 Å². The predicted octanol–water partition coefficient (Wildman–Crippen LogP) is 2.97. The van der Waals surface area contributed by atoms with Gasteiger partial charge in [0.15, 0.2) is 0 Å². The molecule has 0 fully saturated rings. The molecule has 0 aromatic rings. The van der Waals surface area contributed by atoms with E-state index in [1.165, 1.54) is 70.6 Å². The number of unbranched alkanes of at least 4 members (excludes halogenated alkanes) is 11. The number of hydrogen-bond donors (Lipinski definition) is 0. The van der Waals surface area contributed by atoms with E-state index >= 15 is 0 Å². The van der Waals surface area contributed by atoms with Crippen molar-refractivity contribution in [3.8, 4) is 0 Å². The average Bonchev–Trinajstić information content (AvgIpc) is 2.53. The molecule has 0 heterocycles. The van der Waals surface area contributed by atoms with Gasteiger partial charge in [-0.25, -0.2) is 8.42 Å². The van der Waals surface area contributed by atoms with Gasteiger partial charge in [0.1, 0.15) is 0 Å². The largest absolute Gasteiger partial charge is 1.00 e. The van der Waals surface area contributed by atoms with E-state index in [1.54, 1.807) is 0 Å². The van der Waals surface area contributed by atoms with E-state index in [4.69, 9.17) is 0 Å². The summed E-state index contributed by atoms with van der Waals surface area (Å²) in [6.07, 6.45) is 18.2. The molecule has 25 heavy (non-hydrogen) atoms. The molecule has 6 heteroatoms. The Morgan fingerprint density at radius 2 is 1.08 bits per heavy atom. The molecule has 0 aromatic heterocycles. The van der Waals surface area contributed by atoms with Crippen molar-refractivity contribution in [3.05, 3.63) is 0 Å². The molecule has 0 bridgehead atoms. The van der Waals surface area contributed by atoms with Crippen LogP contribution in [0.2, 0.25) is 0 Å². The molecule has 0 aliphatic carbocycles. The van der Waals surface area contributed by atoms with Gasteiger partial charge in [-0.1, -0.05) is 97.3 Å². The van der Waals surface area contributed by atoms with Crippen molar-refractivity contribution in [2.75, 3.05) is 6.61 Å². The summed E-state index contributed by atoms with van der Waals surface area (Å²) in [5.74, 6) is 0.204. The predicted molar refractivity (Wildman–Crippen MR) is 99.7 cm³/mol. The van der Waals surface area contributed by atoms with Gasteiger partial charge in [-0.05, 0) is 18.8 Å². The molecule has 146 valence electrons. The molecular weight excluding hydrogens is 347 g/mol. The maximum atomic E-state index is 10.7. The Labute approximate surface area is 179 Å². The second kappa shape index (κ2) is 19.6. The van der Waals surface area contributed by atoms with Crippen LogP contribution in [0, 0.1) is 5.92 Å². The Bertz CT molecular complexity index is 360. The van der Waals surface area contributed by atoms with Crippen LogP contribution in [0.5, 0.6) is 0 Å². The molecule has 0 rings (SSSR count). The second-order valence-electron chi connectivity index (χ2n) is 7.03. The van der Waals surface area contributed by atoms with Crippen LogP contribution in [0.3, 0.4) is 0 Å². The fourth-order valence-electron chi connectivity index (χ4n) is 3.09. The van der Waals surface area contributed by atoms with Gasteiger partial charge >= 0.3 is 29.6 Å². The molecule has 0 saturated carbocycles. The third-order valence-corrected chi connectivity index (χ3v) is 5.05. The van der Waals surface area contributed by atoms with E-state index < -0.39 is 10.4 Å². The summed E-state index contributed by atoms with van der Waals surface area (Å²) in [5, 5.41) is 0. The molecule has 0 aromatic carbocycles. The number of hydrogen-bond acceptors (Lipinski definition) is 4. The van der Waals surface area contributed by atoms with Gasteiger partial charge in [-0.3, -0.25) is 4.18 Å². The quantitative estimate of drug-likeness (QED) is 0.157. The van der Waals surface area contributed by atoms with Crippen LogP contribution in [0.15, 0.2) is 0 Å². The first-order chi connectivity index (χ1) is 11.5. The maximum absolute atomic E-state index is 10.7. The first-order valence-corrected chi connectivity index (χ1v) is 11.4. The van der Waals surface area contributed by atoms with E-state index in [0.717, 1.165) is 25.7 Å². The topological polar surface area (TPSA) is 66.4 Å². The summed E-state index contributed by atoms with van der Waals surface area (Å²) in [4.78, 5) is 0. The fourth-order valence-corrected chi connectivity index (χ4v) is 3.45. The molecule has 0 aliphatic rings. The summed E-state index contributed by atoms with van der Waals surface area (Å²) < 4.78 is 36.5. The van der Waals surface area contributed by atoms with Gasteiger partial charge in [0.05, 0.1) is 6.61 Å². The van der Waals surface area contributed by atoms with E-state index in [0.29, 0.717) is 0 Å². The van der Waals surface area contributed by atoms with Crippen LogP contribution in [0.4, 0.5) is 0 Å². The van der Waals surface area contributed by atoms with E-state index in [1.807, 2.05) is 0 Å². The third-order valence-electron chi connectivity index (χ3n) is 4.63. The van der Waals surface area contributed by atoms with Gasteiger partial charge in [0.25, 0.3) is 0 Å². The zero-order valence-corrected chi connectivity index (χ0v) is 19.7. The Kier molecular flexibility index (Phi) is 22.0. The molecule has 0 radical (unpaired) electrons. The minimum atomic E-state index is -4.55. The minimum absolute atomic E-state index is 0. The second-order valence-corrected chi connectivity index (χ2v) is 8.08. The summed E-state index contributed by atoms with van der Waals surface area (Å²) in [5.41, 5.74) is 0. The third kappa shape index (κ3) is 22.8. The van der Waals surface area contributed by atoms with Gasteiger partial charge in [0.2, 0.25) is 10.4 Å². The van der Waals surface area contributed by atoms with Gasteiger partial charge in [-0.15, -0.1) is 0 Å². The van der Waals surface area contributed by atoms with Crippen LogP contribution in [-0.2, 0) is 14.6 Å². The van der Waals surface area contributed by atoms with Crippen molar-refractivity contribution in [3.63, 3.8) is 0 Å². The number of rotatable bonds is 18. The Morgan fingerprint density at radius 1 is 0.720 bits per heavy atom. The average molecular weight is 387 g/mol. The summed E-state index contributed by atoms with van der Waals surface area (Å²) >= 11 is 0. The van der Waals surface area contributed by atoms with Crippen molar-refractivity contribution >= 4 is 10.4 Å². The molecular formula is C19H39NaO4S. The van der Waals surface area contributed by atoms with Crippen LogP contribution in [-0.4, -0.2) is 19.6 Å². The van der Waals surface area contributed by atoms with Crippen molar-refractivity contribution in [2.45, 2.75) is 110 Å². The SMILES string of the molecule is CCCCCCCCCCCC(CCCCCC)COS(=O)(=O)[O-].[Na+]. The van der Waals surface area contributed by atoms with Crippen molar-refractivity contribution in [1.29, 1.82) is 0 Å². The molecule has 0 N–H and O–H groups in total. The zero-order chi connectivity index (χ0) is 18.1. The Balaban J connectivity index is 0. The first-order valence-electron chi connectivity index (χ1n) is 10.1. The Hall–Kier alpha value is 0.870. The van der Waals surface area contributed by atoms with E-state index in [9.17, 15) is 13.0 Å². The smallest absolute Gasteiger partial charge is 0.726 e. The van der Waals surface area contributed by atoms with Gasteiger partial charge < -0.3 is 4.55 Å².